The summed E-state index contributed by atoms with van der Waals surface area (Å²) in [5, 5.41) is 7.28. The van der Waals surface area contributed by atoms with Gasteiger partial charge in [-0.2, -0.15) is 13.7 Å². The first-order valence-electron chi connectivity index (χ1n) is 42.7. The van der Waals surface area contributed by atoms with Gasteiger partial charge in [-0.25, -0.2) is 0 Å². The summed E-state index contributed by atoms with van der Waals surface area (Å²) in [6, 6.07) is 84.5. The van der Waals surface area contributed by atoms with Crippen LogP contribution in [0.15, 0.2) is 266 Å². The largest absolute Gasteiger partial charge is 1.00 e. The fourth-order valence-electron chi connectivity index (χ4n) is 16.5. The Bertz CT molecular complexity index is 5670. The lowest BCUT2D eigenvalue weighted by molar-refractivity contribution is -0.890. The number of ether oxygens (including phenoxy) is 3. The van der Waals surface area contributed by atoms with Crippen LogP contribution in [-0.4, -0.2) is 177 Å². The third-order valence-electron chi connectivity index (χ3n) is 23.4. The van der Waals surface area contributed by atoms with E-state index in [1.807, 2.05) is 35.3 Å². The van der Waals surface area contributed by atoms with Gasteiger partial charge < -0.3 is 186 Å². The molecule has 0 spiro atoms. The molecule has 672 valence electrons. The number of benzene rings is 9. The number of hydrogen-bond donors (Lipinski definition) is 0. The molecular formula is C102H126I6N12O3S3. The number of thioether (sulfide) groups is 3. The van der Waals surface area contributed by atoms with E-state index in [0.717, 1.165) is 149 Å². The average Bonchev–Trinajstić information content (AvgIpc) is 1.36. The van der Waals surface area contributed by atoms with Crippen molar-refractivity contribution >= 4 is 121 Å². The second kappa shape index (κ2) is 49.4. The van der Waals surface area contributed by atoms with Gasteiger partial charge in [0.25, 0.3) is 17.5 Å². The van der Waals surface area contributed by atoms with Crippen LogP contribution in [0.3, 0.4) is 0 Å². The quantitative estimate of drug-likeness (QED) is 0.0379. The topological polar surface area (TPSA) is 58.8 Å². The maximum Gasteiger partial charge on any atom is 0.282 e. The van der Waals surface area contributed by atoms with Crippen LogP contribution < -0.4 is 201 Å². The summed E-state index contributed by atoms with van der Waals surface area (Å²) in [4.78, 5) is 18.4. The average molecular weight is 2430 g/mol. The van der Waals surface area contributed by atoms with Gasteiger partial charge >= 0.3 is 0 Å². The summed E-state index contributed by atoms with van der Waals surface area (Å²) >= 11 is 5.50. The van der Waals surface area contributed by atoms with Crippen LogP contribution in [0.2, 0.25) is 0 Å². The standard InChI is InChI=1S/C35H44N4OS.C34H42N4OS.C33H40N4OS.6HI/c1-7-22-39(4,5)23-14-21-37(8-2)34-24-27(25-35-36(3)31-17-12-13-18-33(31)41-35)30-20-19-29(40-6)26-32(30)38(34)28-15-10-9-11-16-28;1-7-36(21-14-22-38(4,5)8-2)33-23-26(24-34-35(3)30-17-12-13-18-32(30)40-34)29-20-19-28(39-6)25-31(29)37(33)27-15-10-9-11-16-27;1-7-35(20-13-21-37(3,4)5)32-22-25(23-33-34(2)29-16-11-12-17-31(29)39-33)28-19-18-27(38-6)24-30(28)36(32)26-14-9-8-10-15-26;;;;;;/h9-13,15-20,24-26H,7-8,14,21-23H2,1-6H3;9-13,15-20,23-25H,7-8,14,21-22H2,1-6H3;8-12,14-19,22-24H,7,13,20-21H2,1-6H3;6*1H/q3*+2;;;;;;/p-6. The van der Waals surface area contributed by atoms with Crippen molar-refractivity contribution in [1.82, 2.24) is 0 Å². The van der Waals surface area contributed by atoms with E-state index in [4.69, 9.17) is 14.2 Å². The van der Waals surface area contributed by atoms with Crippen LogP contribution in [0.1, 0.15) is 77.0 Å². The van der Waals surface area contributed by atoms with Crippen molar-refractivity contribution in [2.24, 2.45) is 0 Å². The Morgan fingerprint density at radius 1 is 0.333 bits per heavy atom. The molecule has 0 amide bonds. The first-order chi connectivity index (χ1) is 58.0. The van der Waals surface area contributed by atoms with Crippen molar-refractivity contribution in [2.45, 2.75) is 75.0 Å². The Morgan fingerprint density at radius 2 is 0.611 bits per heavy atom. The summed E-state index contributed by atoms with van der Waals surface area (Å²) < 4.78 is 27.5. The normalized spacial score (nSPS) is 13.5. The smallest absolute Gasteiger partial charge is 0.282 e. The van der Waals surface area contributed by atoms with Crippen LogP contribution in [0.25, 0.3) is 68.0 Å². The van der Waals surface area contributed by atoms with E-state index in [9.17, 15) is 0 Å². The molecule has 3 aliphatic heterocycles. The van der Waals surface area contributed by atoms with Gasteiger partial charge in [0.15, 0.2) is 0 Å². The number of pyridine rings is 3. The Kier molecular flexibility index (Phi) is 42.0. The predicted molar refractivity (Wildman–Crippen MR) is 512 cm³/mol. The SMILES string of the molecule is CCC[N+](C)(C)CCCN(CC)c1cc(C=C2Sc3ccccc3N2C)c2ccc(OC)cc2[n+]1-c1ccccc1.CCN(CCC[N+](C)(C)C)c1cc(C=C2Sc3ccccc3N2C)c2ccc(OC)cc2[n+]1-c1ccccc1.CCN(CCC[N+](C)(C)CC)c1cc(C=C2Sc3ccccc3N2C)c2ccc(OC)cc2[n+]1-c1ccccc1.[I-].[I-].[I-].[I-].[I-].[I-]. The number of methoxy groups -OCH3 is 3. The Labute approximate surface area is 866 Å². The first-order valence-corrected chi connectivity index (χ1v) is 45.2. The molecule has 0 fully saturated rings. The number of quaternary nitrogens is 3. The molecule has 3 aromatic heterocycles. The monoisotopic (exact) mass is 2420 g/mol. The van der Waals surface area contributed by atoms with Crippen LogP contribution in [0, 0.1) is 0 Å². The highest BCUT2D eigenvalue weighted by atomic mass is 127. The molecule has 0 unspecified atom stereocenters. The van der Waals surface area contributed by atoms with Gasteiger partial charge in [0.2, 0.25) is 0 Å². The highest BCUT2D eigenvalue weighted by Gasteiger charge is 2.33. The minimum Gasteiger partial charge on any atom is -1.00 e. The summed E-state index contributed by atoms with van der Waals surface area (Å²) in [5.41, 5.74) is 14.3. The van der Waals surface area contributed by atoms with Crippen LogP contribution >= 0.6 is 35.3 Å². The third kappa shape index (κ3) is 25.8. The molecule has 0 radical (unpaired) electrons. The van der Waals surface area contributed by atoms with E-state index >= 15 is 0 Å². The van der Waals surface area contributed by atoms with Crippen molar-refractivity contribution in [3.63, 3.8) is 0 Å². The maximum atomic E-state index is 5.74. The van der Waals surface area contributed by atoms with Gasteiger partial charge in [0.05, 0.1) is 175 Å². The molecular weight excluding hydrogens is 2300 g/mol. The first kappa shape index (κ1) is 107. The molecule has 126 heavy (non-hydrogen) atoms. The molecule has 0 saturated heterocycles. The minimum atomic E-state index is 0. The van der Waals surface area contributed by atoms with Crippen molar-refractivity contribution in [2.75, 3.05) is 193 Å². The number of nitrogens with zero attached hydrogens (tertiary/aromatic N) is 12. The number of rotatable bonds is 30. The number of halogens is 6. The lowest BCUT2D eigenvalue weighted by Gasteiger charge is -2.30. The fraction of sp³-hybridized carbons (Fsp3) is 0.324. The Morgan fingerprint density at radius 3 is 0.873 bits per heavy atom. The molecule has 12 aromatic rings. The second-order valence-electron chi connectivity index (χ2n) is 33.5. The van der Waals surface area contributed by atoms with Gasteiger partial charge in [0.1, 0.15) is 50.9 Å². The molecule has 3 aliphatic rings. The second-order valence-corrected chi connectivity index (χ2v) is 36.7. The number of fused-ring (bicyclic) bond motifs is 6. The van der Waals surface area contributed by atoms with E-state index in [0.29, 0.717) is 0 Å². The van der Waals surface area contributed by atoms with Gasteiger partial charge in [0, 0.05) is 108 Å². The number of anilines is 6. The summed E-state index contributed by atoms with van der Waals surface area (Å²) in [7, 11) is 27.9. The fourth-order valence-corrected chi connectivity index (χ4v) is 19.8. The van der Waals surface area contributed by atoms with Crippen LogP contribution in [-0.2, 0) is 0 Å². The number of hydrogen-bond acceptors (Lipinski definition) is 12. The zero-order valence-electron chi connectivity index (χ0n) is 76.4. The lowest BCUT2D eigenvalue weighted by atomic mass is 10.1. The Balaban J connectivity index is 0.000000253. The lowest BCUT2D eigenvalue weighted by Crippen LogP contribution is -3.00. The highest BCUT2D eigenvalue weighted by molar-refractivity contribution is 8.04. The molecule has 0 aliphatic carbocycles. The molecule has 0 atom stereocenters. The Hall–Kier alpha value is -6.06. The van der Waals surface area contributed by atoms with Gasteiger partial charge in [-0.15, -0.1) is 0 Å². The molecule has 0 bridgehead atoms. The highest BCUT2D eigenvalue weighted by Crippen LogP contribution is 2.49. The molecule has 24 heteroatoms. The molecule has 15 nitrogen and oxygen atoms in total. The van der Waals surface area contributed by atoms with E-state index in [2.05, 4.69) is 403 Å². The van der Waals surface area contributed by atoms with E-state index in [-0.39, 0.29) is 144 Å². The van der Waals surface area contributed by atoms with Crippen LogP contribution in [0.5, 0.6) is 17.2 Å². The van der Waals surface area contributed by atoms with E-state index < -0.39 is 0 Å². The van der Waals surface area contributed by atoms with Gasteiger partial charge in [-0.05, 0) is 178 Å². The molecule has 0 saturated carbocycles. The van der Waals surface area contributed by atoms with Crippen molar-refractivity contribution in [3.05, 3.63) is 268 Å². The summed E-state index contributed by atoms with van der Waals surface area (Å²) in [6.07, 6.45) is 11.6. The molecule has 6 heterocycles. The molecule has 15 rings (SSSR count). The van der Waals surface area contributed by atoms with Crippen molar-refractivity contribution < 1.29 is 185 Å². The number of para-hydroxylation sites is 6. The van der Waals surface area contributed by atoms with Gasteiger partial charge in [-0.1, -0.05) is 133 Å². The van der Waals surface area contributed by atoms with Crippen molar-refractivity contribution in [3.8, 4) is 34.3 Å². The third-order valence-corrected chi connectivity index (χ3v) is 26.9. The zero-order valence-corrected chi connectivity index (χ0v) is 91.8. The van der Waals surface area contributed by atoms with Crippen molar-refractivity contribution in [1.29, 1.82) is 0 Å². The predicted octanol–water partition coefficient (Wildman–Crippen LogP) is 2.96. The van der Waals surface area contributed by atoms with Gasteiger partial charge in [-0.3, -0.25) is 14.7 Å². The maximum absolute atomic E-state index is 5.74. The zero-order chi connectivity index (χ0) is 84.8. The summed E-state index contributed by atoms with van der Waals surface area (Å²) in [5.74, 6) is 6.18. The van der Waals surface area contributed by atoms with E-state index in [1.54, 1.807) is 21.3 Å². The number of aromatic nitrogens is 3. The van der Waals surface area contributed by atoms with Crippen LogP contribution in [0.4, 0.5) is 34.5 Å². The molecule has 9 aromatic carbocycles. The van der Waals surface area contributed by atoms with E-state index in [1.165, 1.54) is 110 Å². The molecule has 0 N–H and O–H groups in total. The summed E-state index contributed by atoms with van der Waals surface area (Å²) in [6.45, 7) is 22.9. The minimum absolute atomic E-state index is 0.